The van der Waals surface area contributed by atoms with Gasteiger partial charge in [0.1, 0.15) is 18.2 Å². The smallest absolute Gasteiger partial charge is 0.445 e. The molecule has 0 atom stereocenters. The van der Waals surface area contributed by atoms with E-state index in [1.54, 1.807) is 24.5 Å². The fraction of sp³-hybridized carbons (Fsp3) is 0.200. The molecule has 3 rings (SSSR count). The van der Waals surface area contributed by atoms with Crippen LogP contribution in [0.25, 0.3) is 0 Å². The Labute approximate surface area is 149 Å². The van der Waals surface area contributed by atoms with Crippen molar-refractivity contribution in [2.24, 2.45) is 7.05 Å². The van der Waals surface area contributed by atoms with E-state index in [1.165, 1.54) is 12.1 Å². The first-order valence-corrected chi connectivity index (χ1v) is 8.05. The predicted molar refractivity (Wildman–Crippen MR) is 86.8 cm³/mol. The molecule has 0 fully saturated rings. The summed E-state index contributed by atoms with van der Waals surface area (Å²) in [4.78, 5) is 16.2. The third-order valence-electron chi connectivity index (χ3n) is 3.29. The first-order chi connectivity index (χ1) is 12.3. The van der Waals surface area contributed by atoms with E-state index < -0.39 is 17.1 Å². The number of anilines is 1. The van der Waals surface area contributed by atoms with Crippen LogP contribution in [-0.2, 0) is 19.8 Å². The number of nitrogens with one attached hydrogen (secondary N) is 1. The summed E-state index contributed by atoms with van der Waals surface area (Å²) < 4.78 is 44.8. The maximum Gasteiger partial charge on any atom is 0.445 e. The number of hydrogen-bond acceptors (Lipinski definition) is 6. The van der Waals surface area contributed by atoms with Gasteiger partial charge in [-0.3, -0.25) is 10.1 Å². The molecule has 3 aromatic rings. The highest BCUT2D eigenvalue weighted by atomic mass is 32.1. The quantitative estimate of drug-likeness (QED) is 0.732. The van der Waals surface area contributed by atoms with E-state index in [9.17, 15) is 18.0 Å². The summed E-state index contributed by atoms with van der Waals surface area (Å²) in [6.45, 7) is 0.264. The van der Waals surface area contributed by atoms with Crippen LogP contribution in [0.15, 0.2) is 36.7 Å². The maximum absolute atomic E-state index is 12.5. The van der Waals surface area contributed by atoms with Crippen LogP contribution in [0.4, 0.5) is 18.3 Å². The second kappa shape index (κ2) is 7.12. The van der Waals surface area contributed by atoms with Crippen LogP contribution in [0.1, 0.15) is 21.2 Å². The van der Waals surface area contributed by atoms with E-state index in [0.717, 1.165) is 5.82 Å². The van der Waals surface area contributed by atoms with E-state index in [4.69, 9.17) is 4.74 Å². The topological polar surface area (TPSA) is 81.9 Å². The van der Waals surface area contributed by atoms with Crippen LogP contribution in [0.2, 0.25) is 0 Å². The normalized spacial score (nSPS) is 11.4. The van der Waals surface area contributed by atoms with Crippen molar-refractivity contribution in [3.8, 4) is 5.75 Å². The van der Waals surface area contributed by atoms with Crippen molar-refractivity contribution >= 4 is 22.4 Å². The number of halogens is 3. The summed E-state index contributed by atoms with van der Waals surface area (Å²) in [5.41, 5.74) is 0.248. The minimum atomic E-state index is -4.59. The molecule has 0 spiro atoms. The molecular weight excluding hydrogens is 371 g/mol. The number of carbonyl (C=O) groups excluding carboxylic acids is 1. The summed E-state index contributed by atoms with van der Waals surface area (Å²) in [6.07, 6.45) is -1.14. The molecule has 7 nitrogen and oxygen atoms in total. The van der Waals surface area contributed by atoms with Crippen LogP contribution in [0.5, 0.6) is 5.75 Å². The Bertz CT molecular complexity index is 905. The molecule has 26 heavy (non-hydrogen) atoms. The molecule has 1 aromatic carbocycles. The van der Waals surface area contributed by atoms with Gasteiger partial charge >= 0.3 is 6.18 Å². The zero-order valence-electron chi connectivity index (χ0n) is 13.3. The Morgan fingerprint density at radius 2 is 2.00 bits per heavy atom. The summed E-state index contributed by atoms with van der Waals surface area (Å²) in [5.74, 6) is 0.675. The zero-order chi connectivity index (χ0) is 18.7. The van der Waals surface area contributed by atoms with Gasteiger partial charge in [0.15, 0.2) is 0 Å². The van der Waals surface area contributed by atoms with E-state index in [2.05, 4.69) is 20.5 Å². The molecule has 136 valence electrons. The average Bonchev–Trinajstić information content (AvgIpc) is 3.22. The molecule has 0 unspecified atom stereocenters. The van der Waals surface area contributed by atoms with E-state index in [0.29, 0.717) is 5.75 Å². The van der Waals surface area contributed by atoms with Crippen LogP contribution in [0.3, 0.4) is 0 Å². The molecule has 2 heterocycles. The van der Waals surface area contributed by atoms with E-state index in [-0.39, 0.29) is 28.6 Å². The van der Waals surface area contributed by atoms with Crippen molar-refractivity contribution in [1.82, 2.24) is 19.7 Å². The molecule has 0 saturated carbocycles. The number of aryl methyl sites for hydroxylation is 1. The predicted octanol–water partition coefficient (Wildman–Crippen LogP) is 3.12. The summed E-state index contributed by atoms with van der Waals surface area (Å²) in [6, 6.07) is 6.15. The molecule has 0 aliphatic heterocycles. The van der Waals surface area contributed by atoms with Gasteiger partial charge in [-0.15, -0.1) is 10.2 Å². The summed E-state index contributed by atoms with van der Waals surface area (Å²) in [7, 11) is 1.84. The van der Waals surface area contributed by atoms with Crippen LogP contribution in [-0.4, -0.2) is 25.7 Å². The number of alkyl halides is 3. The van der Waals surface area contributed by atoms with Crippen molar-refractivity contribution in [3.05, 3.63) is 53.1 Å². The fourth-order valence-corrected chi connectivity index (χ4v) is 2.55. The highest BCUT2D eigenvalue weighted by Crippen LogP contribution is 2.33. The molecule has 2 aromatic heterocycles. The van der Waals surface area contributed by atoms with Gasteiger partial charge in [0.25, 0.3) is 5.91 Å². The standard InChI is InChI=1S/C15H12F3N5O2S/c1-23-7-6-19-11(23)8-25-10-4-2-9(3-5-10)12(24)20-14-22-21-13(26-14)15(16,17)18/h2-7H,8H2,1H3,(H,20,22,24). The van der Waals surface area contributed by atoms with Gasteiger partial charge in [-0.2, -0.15) is 13.2 Å². The monoisotopic (exact) mass is 383 g/mol. The number of nitrogens with zero attached hydrogens (tertiary/aromatic N) is 4. The second-order valence-corrected chi connectivity index (χ2v) is 6.11. The molecule has 0 radical (unpaired) electrons. The molecular formula is C15H12F3N5O2S. The van der Waals surface area contributed by atoms with Crippen molar-refractivity contribution < 1.29 is 22.7 Å². The zero-order valence-corrected chi connectivity index (χ0v) is 14.1. The first-order valence-electron chi connectivity index (χ1n) is 7.24. The van der Waals surface area contributed by atoms with Gasteiger partial charge in [-0.1, -0.05) is 11.3 Å². The number of hydrogen-bond donors (Lipinski definition) is 1. The Balaban J connectivity index is 1.60. The number of imidazole rings is 1. The first kappa shape index (κ1) is 17.9. The lowest BCUT2D eigenvalue weighted by molar-refractivity contribution is -0.138. The minimum Gasteiger partial charge on any atom is -0.486 e. The Morgan fingerprint density at radius 1 is 1.27 bits per heavy atom. The maximum atomic E-state index is 12.5. The van der Waals surface area contributed by atoms with Crippen molar-refractivity contribution in [1.29, 1.82) is 0 Å². The molecule has 0 aliphatic rings. The minimum absolute atomic E-state index is 0.225. The lowest BCUT2D eigenvalue weighted by atomic mass is 10.2. The second-order valence-electron chi connectivity index (χ2n) is 5.13. The highest BCUT2D eigenvalue weighted by Gasteiger charge is 2.35. The molecule has 11 heteroatoms. The third kappa shape index (κ3) is 4.17. The van der Waals surface area contributed by atoms with Gasteiger partial charge in [-0.05, 0) is 24.3 Å². The van der Waals surface area contributed by atoms with Crippen LogP contribution < -0.4 is 10.1 Å². The van der Waals surface area contributed by atoms with Gasteiger partial charge < -0.3 is 9.30 Å². The fourth-order valence-electron chi connectivity index (χ4n) is 1.94. The number of rotatable bonds is 5. The molecule has 1 N–H and O–H groups in total. The number of amides is 1. The van der Waals surface area contributed by atoms with Gasteiger partial charge in [0, 0.05) is 25.0 Å². The van der Waals surface area contributed by atoms with E-state index in [1.807, 2.05) is 11.6 Å². The lowest BCUT2D eigenvalue weighted by Crippen LogP contribution is -2.11. The van der Waals surface area contributed by atoms with Crippen molar-refractivity contribution in [2.75, 3.05) is 5.32 Å². The van der Waals surface area contributed by atoms with E-state index >= 15 is 0 Å². The SMILES string of the molecule is Cn1ccnc1COc1ccc(C(=O)Nc2nnc(C(F)(F)F)s2)cc1. The Morgan fingerprint density at radius 3 is 2.58 bits per heavy atom. The van der Waals surface area contributed by atoms with Crippen LogP contribution in [0, 0.1) is 0 Å². The molecule has 0 bridgehead atoms. The van der Waals surface area contributed by atoms with Gasteiger partial charge in [-0.25, -0.2) is 4.98 Å². The average molecular weight is 383 g/mol. The summed E-state index contributed by atoms with van der Waals surface area (Å²) >= 11 is 0.261. The highest BCUT2D eigenvalue weighted by molar-refractivity contribution is 7.15. The number of benzene rings is 1. The number of carbonyl (C=O) groups is 1. The summed E-state index contributed by atoms with van der Waals surface area (Å²) in [5, 5.41) is 7.26. The Hall–Kier alpha value is -2.95. The molecule has 0 aliphatic carbocycles. The lowest BCUT2D eigenvalue weighted by Gasteiger charge is -2.07. The molecule has 1 amide bonds. The van der Waals surface area contributed by atoms with Gasteiger partial charge in [0.2, 0.25) is 10.1 Å². The van der Waals surface area contributed by atoms with Crippen molar-refractivity contribution in [2.45, 2.75) is 12.8 Å². The largest absolute Gasteiger partial charge is 0.486 e. The van der Waals surface area contributed by atoms with Gasteiger partial charge in [0.05, 0.1) is 0 Å². The molecule has 0 saturated heterocycles. The van der Waals surface area contributed by atoms with Crippen molar-refractivity contribution in [3.63, 3.8) is 0 Å². The number of ether oxygens (including phenoxy) is 1. The number of aromatic nitrogens is 4. The third-order valence-corrected chi connectivity index (χ3v) is 4.18. The van der Waals surface area contributed by atoms with Crippen LogP contribution >= 0.6 is 11.3 Å². The Kier molecular flexibility index (Phi) is 4.89.